The first-order chi connectivity index (χ1) is 12.9. The van der Waals surface area contributed by atoms with Gasteiger partial charge in [0, 0.05) is 6.42 Å². The maximum absolute atomic E-state index is 12.8. The number of benzene rings is 1. The Morgan fingerprint density at radius 2 is 1.81 bits per heavy atom. The lowest BCUT2D eigenvalue weighted by molar-refractivity contribution is -0.123. The van der Waals surface area contributed by atoms with Crippen molar-refractivity contribution in [3.63, 3.8) is 0 Å². The van der Waals surface area contributed by atoms with Crippen LogP contribution in [0, 0.1) is 5.92 Å². The Labute approximate surface area is 158 Å². The normalized spacial score (nSPS) is 13.1. The van der Waals surface area contributed by atoms with Crippen LogP contribution in [0.25, 0.3) is 0 Å². The summed E-state index contributed by atoms with van der Waals surface area (Å²) >= 11 is 0. The number of furan rings is 1. The first kappa shape index (κ1) is 20.7. The number of amides is 2. The molecule has 0 radical (unpaired) electrons. The third-order valence-corrected chi connectivity index (χ3v) is 4.10. The second-order valence-corrected chi connectivity index (χ2v) is 6.89. The van der Waals surface area contributed by atoms with Gasteiger partial charge in [-0.1, -0.05) is 44.2 Å². The predicted octanol–water partition coefficient (Wildman–Crippen LogP) is 1.16. The van der Waals surface area contributed by atoms with Gasteiger partial charge in [-0.3, -0.25) is 9.59 Å². The van der Waals surface area contributed by atoms with E-state index in [2.05, 4.69) is 10.6 Å². The molecule has 1 aromatic carbocycles. The molecule has 4 N–H and O–H groups in total. The zero-order valence-corrected chi connectivity index (χ0v) is 15.5. The maximum Gasteiger partial charge on any atom is 0.475 e. The van der Waals surface area contributed by atoms with Crippen molar-refractivity contribution in [3.8, 4) is 0 Å². The molecule has 0 aliphatic heterocycles. The van der Waals surface area contributed by atoms with Gasteiger partial charge >= 0.3 is 7.12 Å². The summed E-state index contributed by atoms with van der Waals surface area (Å²) in [6.07, 6.45) is 3.34. The molecule has 0 saturated carbocycles. The van der Waals surface area contributed by atoms with Crippen LogP contribution < -0.4 is 10.6 Å². The second kappa shape index (κ2) is 9.94. The Hall–Kier alpha value is -2.58. The van der Waals surface area contributed by atoms with Crippen molar-refractivity contribution in [1.82, 2.24) is 10.6 Å². The number of carbonyl (C=O) groups excluding carboxylic acids is 2. The highest BCUT2D eigenvalue weighted by atomic mass is 16.4. The van der Waals surface area contributed by atoms with Gasteiger partial charge in [-0.15, -0.1) is 0 Å². The third kappa shape index (κ3) is 6.58. The molecular weight excluding hydrogens is 347 g/mol. The van der Waals surface area contributed by atoms with Crippen molar-refractivity contribution in [2.45, 2.75) is 38.7 Å². The summed E-state index contributed by atoms with van der Waals surface area (Å²) in [6.45, 7) is 3.84. The average Bonchev–Trinajstić information content (AvgIpc) is 3.15. The summed E-state index contributed by atoms with van der Waals surface area (Å²) in [7, 11) is -1.68. The summed E-state index contributed by atoms with van der Waals surface area (Å²) in [5.41, 5.74) is 1.18. The van der Waals surface area contributed by atoms with Crippen LogP contribution in [0.1, 0.15) is 36.2 Å². The topological polar surface area (TPSA) is 112 Å². The fraction of sp³-hybridized carbons (Fsp3) is 0.368. The van der Waals surface area contributed by atoms with Crippen LogP contribution in [0.3, 0.4) is 0 Å². The number of nitrogens with one attached hydrogen (secondary N) is 2. The first-order valence-corrected chi connectivity index (χ1v) is 8.90. The van der Waals surface area contributed by atoms with E-state index in [4.69, 9.17) is 4.42 Å². The van der Waals surface area contributed by atoms with Crippen LogP contribution in [0.5, 0.6) is 0 Å². The molecular formula is C19H25BN2O5. The number of rotatable bonds is 9. The van der Waals surface area contributed by atoms with Crippen LogP contribution in [0.4, 0.5) is 0 Å². The Morgan fingerprint density at radius 1 is 1.11 bits per heavy atom. The molecule has 0 saturated heterocycles. The minimum atomic E-state index is -1.68. The third-order valence-electron chi connectivity index (χ3n) is 4.10. The van der Waals surface area contributed by atoms with Crippen LogP contribution in [0.15, 0.2) is 53.3 Å². The van der Waals surface area contributed by atoms with Gasteiger partial charge in [-0.05, 0) is 24.0 Å². The molecule has 0 aliphatic carbocycles. The van der Waals surface area contributed by atoms with Gasteiger partial charge in [0.1, 0.15) is 12.3 Å². The summed E-state index contributed by atoms with van der Waals surface area (Å²) in [6, 6.07) is 9.91. The molecule has 27 heavy (non-hydrogen) atoms. The molecule has 2 amide bonds. The molecule has 0 spiro atoms. The standard InChI is InChI=1S/C19H25BN2O5/c1-13(2)10-17(20(25)26)22-19(24)16(11-14-6-4-3-5-7-14)21-18(23)15-8-9-27-12-15/h3-9,12-13,16-17,25-26H,10-11H2,1-2H3,(H,21,23)(H,22,24)/t16-,17-/m0/s1. The molecule has 144 valence electrons. The highest BCUT2D eigenvalue weighted by Gasteiger charge is 2.30. The lowest BCUT2D eigenvalue weighted by Gasteiger charge is -2.24. The predicted molar refractivity (Wildman–Crippen MR) is 102 cm³/mol. The van der Waals surface area contributed by atoms with Gasteiger partial charge in [0.2, 0.25) is 5.91 Å². The Morgan fingerprint density at radius 3 is 2.37 bits per heavy atom. The van der Waals surface area contributed by atoms with E-state index in [9.17, 15) is 19.6 Å². The quantitative estimate of drug-likeness (QED) is 0.494. The number of hydrogen-bond donors (Lipinski definition) is 4. The molecule has 2 rings (SSSR count). The van der Waals surface area contributed by atoms with Gasteiger partial charge in [-0.25, -0.2) is 0 Å². The largest absolute Gasteiger partial charge is 0.475 e. The van der Waals surface area contributed by atoms with Crippen LogP contribution in [-0.2, 0) is 11.2 Å². The van der Waals surface area contributed by atoms with E-state index in [-0.39, 0.29) is 12.3 Å². The van der Waals surface area contributed by atoms with Crippen molar-refractivity contribution in [2.24, 2.45) is 5.92 Å². The average molecular weight is 372 g/mol. The molecule has 7 nitrogen and oxygen atoms in total. The van der Waals surface area contributed by atoms with E-state index >= 15 is 0 Å². The summed E-state index contributed by atoms with van der Waals surface area (Å²) < 4.78 is 4.91. The molecule has 1 aromatic heterocycles. The van der Waals surface area contributed by atoms with E-state index in [0.29, 0.717) is 12.0 Å². The minimum Gasteiger partial charge on any atom is -0.472 e. The van der Waals surface area contributed by atoms with Crippen molar-refractivity contribution in [1.29, 1.82) is 0 Å². The van der Waals surface area contributed by atoms with E-state index in [1.54, 1.807) is 0 Å². The molecule has 0 unspecified atom stereocenters. The van der Waals surface area contributed by atoms with Gasteiger partial charge in [0.15, 0.2) is 0 Å². The first-order valence-electron chi connectivity index (χ1n) is 8.90. The monoisotopic (exact) mass is 372 g/mol. The Bertz CT molecular complexity index is 719. The second-order valence-electron chi connectivity index (χ2n) is 6.89. The van der Waals surface area contributed by atoms with Crippen molar-refractivity contribution >= 4 is 18.9 Å². The molecule has 2 aromatic rings. The number of carbonyl (C=O) groups is 2. The van der Waals surface area contributed by atoms with E-state index in [1.165, 1.54) is 18.6 Å². The molecule has 0 aliphatic rings. The van der Waals surface area contributed by atoms with Crippen LogP contribution >= 0.6 is 0 Å². The molecule has 0 bridgehead atoms. The van der Waals surface area contributed by atoms with Gasteiger partial charge in [0.05, 0.1) is 17.8 Å². The van der Waals surface area contributed by atoms with Crippen LogP contribution in [0.2, 0.25) is 0 Å². The fourth-order valence-corrected chi connectivity index (χ4v) is 2.74. The molecule has 8 heteroatoms. The zero-order chi connectivity index (χ0) is 19.8. The van der Waals surface area contributed by atoms with Crippen molar-refractivity contribution in [3.05, 3.63) is 60.1 Å². The molecule has 2 atom stereocenters. The summed E-state index contributed by atoms with van der Waals surface area (Å²) in [5.74, 6) is -1.58. The van der Waals surface area contributed by atoms with E-state index in [1.807, 2.05) is 44.2 Å². The lowest BCUT2D eigenvalue weighted by Crippen LogP contribution is -2.55. The van der Waals surface area contributed by atoms with Crippen molar-refractivity contribution < 1.29 is 24.1 Å². The lowest BCUT2D eigenvalue weighted by atomic mass is 9.75. The highest BCUT2D eigenvalue weighted by molar-refractivity contribution is 6.43. The van der Waals surface area contributed by atoms with Crippen LogP contribution in [-0.4, -0.2) is 41.0 Å². The Balaban J connectivity index is 2.14. The Kier molecular flexibility index (Phi) is 7.63. The SMILES string of the molecule is CC(C)C[C@H](NC(=O)[C@H](Cc1ccccc1)NC(=O)c1ccoc1)B(O)O. The maximum atomic E-state index is 12.8. The highest BCUT2D eigenvalue weighted by Crippen LogP contribution is 2.09. The fourth-order valence-electron chi connectivity index (χ4n) is 2.74. The summed E-state index contributed by atoms with van der Waals surface area (Å²) in [4.78, 5) is 25.1. The van der Waals surface area contributed by atoms with Crippen molar-refractivity contribution in [2.75, 3.05) is 0 Å². The van der Waals surface area contributed by atoms with E-state index < -0.39 is 30.9 Å². The van der Waals surface area contributed by atoms with E-state index in [0.717, 1.165) is 5.56 Å². The minimum absolute atomic E-state index is 0.158. The zero-order valence-electron chi connectivity index (χ0n) is 15.5. The van der Waals surface area contributed by atoms with Gasteiger partial charge in [-0.2, -0.15) is 0 Å². The van der Waals surface area contributed by atoms with Gasteiger partial charge < -0.3 is 25.1 Å². The van der Waals surface area contributed by atoms with Gasteiger partial charge in [0.25, 0.3) is 5.91 Å². The molecule has 1 heterocycles. The smallest absolute Gasteiger partial charge is 0.472 e. The summed E-state index contributed by atoms with van der Waals surface area (Å²) in [5, 5.41) is 24.4. The molecule has 0 fully saturated rings. The number of hydrogen-bond acceptors (Lipinski definition) is 5.